The summed E-state index contributed by atoms with van der Waals surface area (Å²) in [5, 5.41) is 3.15. The number of urea groups is 1. The van der Waals surface area contributed by atoms with Crippen molar-refractivity contribution in [2.45, 2.75) is 58.2 Å². The number of carbonyl (C=O) groups is 1. The van der Waals surface area contributed by atoms with Crippen molar-refractivity contribution >= 4 is 11.7 Å². The van der Waals surface area contributed by atoms with Crippen molar-refractivity contribution in [2.75, 3.05) is 31.6 Å². The summed E-state index contributed by atoms with van der Waals surface area (Å²) < 4.78 is 11.7. The quantitative estimate of drug-likeness (QED) is 0.834. The first-order valence-electron chi connectivity index (χ1n) is 9.25. The fraction of sp³-hybridized carbons (Fsp3) is 0.650. The van der Waals surface area contributed by atoms with Crippen LogP contribution in [-0.4, -0.2) is 43.0 Å². The molecule has 0 bridgehead atoms. The average molecular weight is 346 g/mol. The molecule has 1 spiro atoms. The number of nitrogens with one attached hydrogen (secondary N) is 1. The number of carbonyl (C=O) groups excluding carboxylic acids is 1. The van der Waals surface area contributed by atoms with Gasteiger partial charge in [-0.15, -0.1) is 0 Å². The van der Waals surface area contributed by atoms with Gasteiger partial charge in [-0.05, 0) is 29.9 Å². The molecule has 5 nitrogen and oxygen atoms in total. The lowest BCUT2D eigenvalue weighted by Crippen LogP contribution is -2.52. The molecule has 1 aromatic rings. The lowest BCUT2D eigenvalue weighted by molar-refractivity contribution is -0.281. The van der Waals surface area contributed by atoms with Crippen LogP contribution in [0.2, 0.25) is 0 Å². The molecular formula is C20H30N2O3. The molecule has 2 aliphatic heterocycles. The Labute approximate surface area is 150 Å². The van der Waals surface area contributed by atoms with Gasteiger partial charge in [0, 0.05) is 31.6 Å². The zero-order valence-electron chi connectivity index (χ0n) is 15.9. The Morgan fingerprint density at radius 2 is 1.80 bits per heavy atom. The maximum atomic E-state index is 12.8. The number of hydrogen-bond acceptors (Lipinski definition) is 3. The van der Waals surface area contributed by atoms with E-state index in [0.29, 0.717) is 13.1 Å². The summed E-state index contributed by atoms with van der Waals surface area (Å²) in [6, 6.07) is 6.15. The molecule has 0 saturated carbocycles. The van der Waals surface area contributed by atoms with Gasteiger partial charge in [0.05, 0.1) is 13.2 Å². The van der Waals surface area contributed by atoms with E-state index in [9.17, 15) is 4.79 Å². The average Bonchev–Trinajstić information content (AvgIpc) is 2.57. The first-order valence-corrected chi connectivity index (χ1v) is 9.25. The number of rotatable bonds is 1. The van der Waals surface area contributed by atoms with E-state index in [1.54, 1.807) is 0 Å². The van der Waals surface area contributed by atoms with Crippen LogP contribution in [0.5, 0.6) is 0 Å². The standard InChI is InChI=1S/C20H30N2O3/c1-15-7-5-8-16(19(2,3)4)17(15)21-18(23)22-11-9-20(10-12-22)24-13-6-14-25-20/h5,7-8H,6,9-14H2,1-4H3,(H,21,23). The van der Waals surface area contributed by atoms with E-state index in [1.807, 2.05) is 24.0 Å². The Morgan fingerprint density at radius 3 is 2.40 bits per heavy atom. The van der Waals surface area contributed by atoms with Crippen molar-refractivity contribution in [3.8, 4) is 0 Å². The number of piperidine rings is 1. The first kappa shape index (κ1) is 18.2. The number of likely N-dealkylation sites (tertiary alicyclic amines) is 1. The Bertz CT molecular complexity index is 620. The second kappa shape index (κ2) is 6.96. The molecule has 0 unspecified atom stereocenters. The molecule has 1 N–H and O–H groups in total. The molecule has 138 valence electrons. The van der Waals surface area contributed by atoms with Gasteiger partial charge < -0.3 is 19.7 Å². The largest absolute Gasteiger partial charge is 0.350 e. The molecule has 2 aliphatic rings. The van der Waals surface area contributed by atoms with Gasteiger partial charge >= 0.3 is 6.03 Å². The normalized spacial score (nSPS) is 20.6. The van der Waals surface area contributed by atoms with Gasteiger partial charge in [0.2, 0.25) is 0 Å². The molecule has 2 amide bonds. The number of hydrogen-bond donors (Lipinski definition) is 1. The van der Waals surface area contributed by atoms with Crippen LogP contribution in [0.3, 0.4) is 0 Å². The molecule has 5 heteroatoms. The summed E-state index contributed by atoms with van der Waals surface area (Å²) in [7, 11) is 0. The van der Waals surface area contributed by atoms with Crippen LogP contribution < -0.4 is 5.32 Å². The van der Waals surface area contributed by atoms with Gasteiger partial charge in [0.25, 0.3) is 0 Å². The number of para-hydroxylation sites is 1. The second-order valence-electron chi connectivity index (χ2n) is 8.13. The van der Waals surface area contributed by atoms with E-state index < -0.39 is 5.79 Å². The molecule has 2 heterocycles. The Morgan fingerprint density at radius 1 is 1.16 bits per heavy atom. The minimum absolute atomic E-state index is 0.0234. The third kappa shape index (κ3) is 3.98. The molecule has 0 radical (unpaired) electrons. The minimum Gasteiger partial charge on any atom is -0.350 e. The van der Waals surface area contributed by atoms with Crippen molar-refractivity contribution in [3.05, 3.63) is 29.3 Å². The summed E-state index contributed by atoms with van der Waals surface area (Å²) in [4.78, 5) is 14.7. The van der Waals surface area contributed by atoms with Gasteiger partial charge in [-0.1, -0.05) is 39.0 Å². The summed E-state index contributed by atoms with van der Waals surface area (Å²) in [6.07, 6.45) is 2.43. The zero-order valence-corrected chi connectivity index (χ0v) is 15.9. The van der Waals surface area contributed by atoms with Gasteiger partial charge in [-0.3, -0.25) is 0 Å². The molecule has 0 aliphatic carbocycles. The van der Waals surface area contributed by atoms with Crippen LogP contribution in [-0.2, 0) is 14.9 Å². The smallest absolute Gasteiger partial charge is 0.321 e. The summed E-state index contributed by atoms with van der Waals surface area (Å²) in [5.41, 5.74) is 3.16. The lowest BCUT2D eigenvalue weighted by atomic mass is 9.84. The van der Waals surface area contributed by atoms with E-state index >= 15 is 0 Å². The maximum absolute atomic E-state index is 12.8. The van der Waals surface area contributed by atoms with Crippen LogP contribution in [0.25, 0.3) is 0 Å². The number of amides is 2. The fourth-order valence-corrected chi connectivity index (χ4v) is 3.60. The summed E-state index contributed by atoms with van der Waals surface area (Å²) >= 11 is 0. The zero-order chi connectivity index (χ0) is 18.1. The van der Waals surface area contributed by atoms with Crippen molar-refractivity contribution in [1.82, 2.24) is 4.90 Å². The topological polar surface area (TPSA) is 50.8 Å². The Balaban J connectivity index is 1.68. The maximum Gasteiger partial charge on any atom is 0.321 e. The molecular weight excluding hydrogens is 316 g/mol. The second-order valence-corrected chi connectivity index (χ2v) is 8.13. The third-order valence-electron chi connectivity index (χ3n) is 5.14. The molecule has 0 aromatic heterocycles. The highest BCUT2D eigenvalue weighted by Crippen LogP contribution is 2.33. The number of nitrogens with zero attached hydrogens (tertiary/aromatic N) is 1. The van der Waals surface area contributed by atoms with Gasteiger partial charge in [0.15, 0.2) is 5.79 Å². The number of anilines is 1. The van der Waals surface area contributed by atoms with E-state index in [-0.39, 0.29) is 11.4 Å². The van der Waals surface area contributed by atoms with E-state index in [0.717, 1.165) is 49.3 Å². The summed E-state index contributed by atoms with van der Waals surface area (Å²) in [6.45, 7) is 11.4. The van der Waals surface area contributed by atoms with E-state index in [4.69, 9.17) is 9.47 Å². The van der Waals surface area contributed by atoms with Crippen LogP contribution in [0, 0.1) is 6.92 Å². The molecule has 1 aromatic carbocycles. The highest BCUT2D eigenvalue weighted by atomic mass is 16.7. The van der Waals surface area contributed by atoms with Gasteiger partial charge in [-0.2, -0.15) is 0 Å². The van der Waals surface area contributed by atoms with Gasteiger partial charge in [-0.25, -0.2) is 4.79 Å². The summed E-state index contributed by atoms with van der Waals surface area (Å²) in [5.74, 6) is -0.464. The van der Waals surface area contributed by atoms with Crippen molar-refractivity contribution in [3.63, 3.8) is 0 Å². The van der Waals surface area contributed by atoms with Gasteiger partial charge in [0.1, 0.15) is 0 Å². The molecule has 3 rings (SSSR count). The lowest BCUT2D eigenvalue weighted by Gasteiger charge is -2.43. The minimum atomic E-state index is -0.464. The fourth-order valence-electron chi connectivity index (χ4n) is 3.60. The van der Waals surface area contributed by atoms with Crippen molar-refractivity contribution in [2.24, 2.45) is 0 Å². The van der Waals surface area contributed by atoms with Crippen molar-refractivity contribution in [1.29, 1.82) is 0 Å². The van der Waals surface area contributed by atoms with Crippen LogP contribution in [0.4, 0.5) is 10.5 Å². The van der Waals surface area contributed by atoms with Crippen LogP contribution in [0.15, 0.2) is 18.2 Å². The third-order valence-corrected chi connectivity index (χ3v) is 5.14. The predicted molar refractivity (Wildman–Crippen MR) is 99.0 cm³/mol. The van der Waals surface area contributed by atoms with Crippen LogP contribution >= 0.6 is 0 Å². The Kier molecular flexibility index (Phi) is 5.07. The predicted octanol–water partition coefficient (Wildman–Crippen LogP) is 4.05. The number of ether oxygens (including phenoxy) is 2. The number of aryl methyl sites for hydroxylation is 1. The molecule has 2 fully saturated rings. The first-order chi connectivity index (χ1) is 11.8. The molecule has 2 saturated heterocycles. The van der Waals surface area contributed by atoms with Crippen LogP contribution in [0.1, 0.15) is 51.2 Å². The highest BCUT2D eigenvalue weighted by Gasteiger charge is 2.39. The Hall–Kier alpha value is -1.59. The monoisotopic (exact) mass is 346 g/mol. The van der Waals surface area contributed by atoms with E-state index in [2.05, 4.69) is 32.2 Å². The van der Waals surface area contributed by atoms with E-state index in [1.165, 1.54) is 0 Å². The van der Waals surface area contributed by atoms with Crippen molar-refractivity contribution < 1.29 is 14.3 Å². The molecule has 0 atom stereocenters. The highest BCUT2D eigenvalue weighted by molar-refractivity contribution is 5.91. The molecule has 25 heavy (non-hydrogen) atoms. The number of benzene rings is 1. The SMILES string of the molecule is Cc1cccc(C(C)(C)C)c1NC(=O)N1CCC2(CC1)OCCCO2.